The first-order chi connectivity index (χ1) is 16.9. The summed E-state index contributed by atoms with van der Waals surface area (Å²) in [6.07, 6.45) is 4.03. The Bertz CT molecular complexity index is 1330. The molecule has 0 unspecified atom stereocenters. The molecule has 35 heavy (non-hydrogen) atoms. The van der Waals surface area contributed by atoms with E-state index in [-0.39, 0.29) is 17.7 Å². The number of halogens is 1. The third kappa shape index (κ3) is 3.54. The molecule has 3 aromatic rings. The van der Waals surface area contributed by atoms with Gasteiger partial charge in [-0.2, -0.15) is 0 Å². The molecule has 2 aromatic carbocycles. The highest BCUT2D eigenvalue weighted by molar-refractivity contribution is 6.31. The van der Waals surface area contributed by atoms with Crippen molar-refractivity contribution in [3.63, 3.8) is 0 Å². The Balaban J connectivity index is 1.42. The number of H-pyrrole nitrogens is 1. The van der Waals surface area contributed by atoms with Gasteiger partial charge in [0.1, 0.15) is 17.1 Å². The number of aromatic hydroxyl groups is 1. The second-order valence-electron chi connectivity index (χ2n) is 10.3. The van der Waals surface area contributed by atoms with Crippen LogP contribution in [0.4, 0.5) is 0 Å². The molecule has 2 saturated heterocycles. The summed E-state index contributed by atoms with van der Waals surface area (Å²) < 4.78 is 0. The van der Waals surface area contributed by atoms with Gasteiger partial charge in [0.05, 0.1) is 6.04 Å². The van der Waals surface area contributed by atoms with Crippen molar-refractivity contribution in [3.8, 4) is 5.75 Å². The molecule has 182 valence electrons. The zero-order chi connectivity index (χ0) is 24.3. The normalized spacial score (nSPS) is 24.5. The number of amides is 1. The number of hydrogen-bond donors (Lipinski definition) is 2. The van der Waals surface area contributed by atoms with Crippen molar-refractivity contribution in [1.82, 2.24) is 19.7 Å². The van der Waals surface area contributed by atoms with Crippen LogP contribution in [0.3, 0.4) is 0 Å². The van der Waals surface area contributed by atoms with E-state index in [2.05, 4.69) is 21.4 Å². The molecule has 0 bridgehead atoms. The highest BCUT2D eigenvalue weighted by atomic mass is 35.5. The van der Waals surface area contributed by atoms with Crippen LogP contribution in [0.1, 0.15) is 49.0 Å². The first-order valence-corrected chi connectivity index (χ1v) is 12.9. The maximum Gasteiger partial charge on any atom is 0.254 e. The van der Waals surface area contributed by atoms with Crippen molar-refractivity contribution in [3.05, 3.63) is 76.7 Å². The number of benzene rings is 2. The first-order valence-electron chi connectivity index (χ1n) is 12.5. The van der Waals surface area contributed by atoms with E-state index in [4.69, 9.17) is 11.6 Å². The highest BCUT2D eigenvalue weighted by Crippen LogP contribution is 2.51. The topological polar surface area (TPSA) is 62.8 Å². The van der Waals surface area contributed by atoms with Gasteiger partial charge in [0.2, 0.25) is 0 Å². The van der Waals surface area contributed by atoms with Crippen molar-refractivity contribution in [2.75, 3.05) is 26.2 Å². The van der Waals surface area contributed by atoms with Gasteiger partial charge in [-0.05, 0) is 87.3 Å². The second-order valence-corrected chi connectivity index (χ2v) is 10.7. The number of rotatable bonds is 5. The number of hydrogen-bond acceptors (Lipinski definition) is 4. The summed E-state index contributed by atoms with van der Waals surface area (Å²) in [4.78, 5) is 24.1. The molecule has 0 saturated carbocycles. The lowest BCUT2D eigenvalue weighted by atomic mass is 9.81. The zero-order valence-corrected chi connectivity index (χ0v) is 20.8. The van der Waals surface area contributed by atoms with Crippen LogP contribution in [0.25, 0.3) is 10.9 Å². The van der Waals surface area contributed by atoms with E-state index >= 15 is 0 Å². The number of fused-ring (bicyclic) bond motifs is 4. The Morgan fingerprint density at radius 3 is 2.74 bits per heavy atom. The van der Waals surface area contributed by atoms with E-state index in [0.717, 1.165) is 59.6 Å². The van der Waals surface area contributed by atoms with Crippen molar-refractivity contribution < 1.29 is 9.90 Å². The Kier molecular flexibility index (Phi) is 5.35. The number of phenolic OH excluding ortho intramolecular Hbond substituents is 1. The Morgan fingerprint density at radius 1 is 1.17 bits per heavy atom. The Hall–Kier alpha value is -2.96. The van der Waals surface area contributed by atoms with E-state index in [1.165, 1.54) is 12.8 Å². The van der Waals surface area contributed by atoms with Crippen LogP contribution in [0, 0.1) is 0 Å². The summed E-state index contributed by atoms with van der Waals surface area (Å²) in [7, 11) is 0. The number of aromatic nitrogens is 1. The SMILES string of the molecule is C=C1N(CCCN2CCCC2)C(=O)[C@]2(C)Cc3c([nH]c4ccc(Cl)cc34)[C@@H](c3cccc(O)c3)N12. The summed E-state index contributed by atoms with van der Waals surface area (Å²) in [5.41, 5.74) is 3.27. The lowest BCUT2D eigenvalue weighted by molar-refractivity contribution is -0.133. The quantitative estimate of drug-likeness (QED) is 0.526. The molecular formula is C28H31ClN4O2. The van der Waals surface area contributed by atoms with Crippen LogP contribution >= 0.6 is 11.6 Å². The van der Waals surface area contributed by atoms with E-state index < -0.39 is 5.54 Å². The lowest BCUT2D eigenvalue weighted by Gasteiger charge is -2.44. The fourth-order valence-corrected chi connectivity index (χ4v) is 6.53. The molecular weight excluding hydrogens is 460 g/mol. The van der Waals surface area contributed by atoms with E-state index in [9.17, 15) is 9.90 Å². The van der Waals surface area contributed by atoms with E-state index in [0.29, 0.717) is 18.0 Å². The van der Waals surface area contributed by atoms with Gasteiger partial charge in [0.15, 0.2) is 0 Å². The number of nitrogens with zero attached hydrogens (tertiary/aromatic N) is 3. The summed E-state index contributed by atoms with van der Waals surface area (Å²) >= 11 is 6.37. The molecule has 0 aliphatic carbocycles. The van der Waals surface area contributed by atoms with Gasteiger partial charge in [0.25, 0.3) is 5.91 Å². The molecule has 6 rings (SSSR count). The van der Waals surface area contributed by atoms with Crippen LogP contribution in [0.2, 0.25) is 5.02 Å². The smallest absolute Gasteiger partial charge is 0.254 e. The van der Waals surface area contributed by atoms with E-state index in [1.54, 1.807) is 12.1 Å². The zero-order valence-electron chi connectivity index (χ0n) is 20.1. The average molecular weight is 491 g/mol. The van der Waals surface area contributed by atoms with Crippen LogP contribution in [0.5, 0.6) is 5.75 Å². The highest BCUT2D eigenvalue weighted by Gasteiger charge is 2.57. The predicted molar refractivity (Wildman–Crippen MR) is 138 cm³/mol. The fourth-order valence-electron chi connectivity index (χ4n) is 6.36. The van der Waals surface area contributed by atoms with Crippen molar-refractivity contribution in [1.29, 1.82) is 0 Å². The molecule has 0 radical (unpaired) electrons. The lowest BCUT2D eigenvalue weighted by Crippen LogP contribution is -2.52. The summed E-state index contributed by atoms with van der Waals surface area (Å²) in [5.74, 6) is 1.03. The fraction of sp³-hybridized carbons (Fsp3) is 0.393. The minimum Gasteiger partial charge on any atom is -0.508 e. The molecule has 4 heterocycles. The number of carbonyl (C=O) groups is 1. The molecule has 1 amide bonds. The van der Waals surface area contributed by atoms with Crippen LogP contribution in [-0.2, 0) is 11.2 Å². The minimum atomic E-state index is -0.773. The second kappa shape index (κ2) is 8.32. The third-order valence-electron chi connectivity index (χ3n) is 8.02. The maximum atomic E-state index is 14.0. The molecule has 7 heteroatoms. The summed E-state index contributed by atoms with van der Waals surface area (Å²) in [5, 5.41) is 12.0. The van der Waals surface area contributed by atoms with Crippen molar-refractivity contribution in [2.24, 2.45) is 0 Å². The third-order valence-corrected chi connectivity index (χ3v) is 8.26. The van der Waals surface area contributed by atoms with Gasteiger partial charge in [-0.15, -0.1) is 0 Å². The van der Waals surface area contributed by atoms with Crippen LogP contribution < -0.4 is 0 Å². The van der Waals surface area contributed by atoms with Crippen LogP contribution in [-0.4, -0.2) is 62.4 Å². The van der Waals surface area contributed by atoms with Gasteiger partial charge in [0, 0.05) is 34.6 Å². The minimum absolute atomic E-state index is 0.0936. The number of likely N-dealkylation sites (tertiary alicyclic amines) is 1. The van der Waals surface area contributed by atoms with Crippen molar-refractivity contribution in [2.45, 2.75) is 44.2 Å². The number of phenols is 1. The standard InChI is InChI=1S/C28H31ClN4O2/c1-18-32(14-6-13-31-11-3-4-12-31)27(35)28(2)17-23-22-16-20(29)9-10-24(22)30-25(23)26(33(18)28)19-7-5-8-21(34)15-19/h5,7-10,15-16,26,30,34H,1,3-4,6,11-14,17H2,2H3/t26-,28+/m1/s1. The van der Waals surface area contributed by atoms with Gasteiger partial charge in [-0.1, -0.05) is 30.3 Å². The van der Waals surface area contributed by atoms with Gasteiger partial charge >= 0.3 is 0 Å². The summed E-state index contributed by atoms with van der Waals surface area (Å²) in [6.45, 7) is 10.4. The average Bonchev–Trinajstić information content (AvgIpc) is 3.51. The molecule has 1 aromatic heterocycles. The molecule has 3 aliphatic heterocycles. The predicted octanol–water partition coefficient (Wildman–Crippen LogP) is 5.03. The van der Waals surface area contributed by atoms with E-state index in [1.807, 2.05) is 42.2 Å². The Morgan fingerprint density at radius 2 is 1.97 bits per heavy atom. The number of nitrogens with one attached hydrogen (secondary N) is 1. The van der Waals surface area contributed by atoms with Gasteiger partial charge in [-0.25, -0.2) is 0 Å². The van der Waals surface area contributed by atoms with Crippen LogP contribution in [0.15, 0.2) is 54.9 Å². The first kappa shape index (κ1) is 22.5. The van der Waals surface area contributed by atoms with Gasteiger partial charge < -0.3 is 19.9 Å². The molecule has 3 aliphatic rings. The Labute approximate surface area is 210 Å². The van der Waals surface area contributed by atoms with Gasteiger partial charge in [-0.3, -0.25) is 9.69 Å². The molecule has 2 atom stereocenters. The van der Waals surface area contributed by atoms with Crippen molar-refractivity contribution >= 4 is 28.4 Å². The maximum absolute atomic E-state index is 14.0. The summed E-state index contributed by atoms with van der Waals surface area (Å²) in [6, 6.07) is 12.9. The molecule has 0 spiro atoms. The largest absolute Gasteiger partial charge is 0.508 e. The number of aromatic amines is 1. The monoisotopic (exact) mass is 490 g/mol. The molecule has 2 fully saturated rings. The molecule has 2 N–H and O–H groups in total. The number of carbonyl (C=O) groups excluding carboxylic acids is 1. The molecule has 6 nitrogen and oxygen atoms in total.